The maximum absolute atomic E-state index is 12.4. The first-order chi connectivity index (χ1) is 13.5. The normalized spacial score (nSPS) is 10.1. The molecule has 0 fully saturated rings. The van der Waals surface area contributed by atoms with Crippen LogP contribution in [0, 0.1) is 0 Å². The van der Waals surface area contributed by atoms with Crippen molar-refractivity contribution in [1.82, 2.24) is 10.6 Å². The van der Waals surface area contributed by atoms with Crippen molar-refractivity contribution in [2.75, 3.05) is 18.5 Å². The van der Waals surface area contributed by atoms with E-state index in [9.17, 15) is 9.59 Å². The molecule has 0 aromatic heterocycles. The third-order valence-electron chi connectivity index (χ3n) is 3.89. The van der Waals surface area contributed by atoms with Gasteiger partial charge in [-0.1, -0.05) is 25.5 Å². The zero-order valence-corrected chi connectivity index (χ0v) is 16.9. The first kappa shape index (κ1) is 21.4. The number of rotatable bonds is 8. The van der Waals surface area contributed by atoms with Crippen molar-refractivity contribution in [3.05, 3.63) is 59.7 Å². The number of ether oxygens (including phenoxy) is 1. The first-order valence-corrected chi connectivity index (χ1v) is 9.68. The molecule has 0 bridgehead atoms. The van der Waals surface area contributed by atoms with E-state index in [1.54, 1.807) is 48.5 Å². The lowest BCUT2D eigenvalue weighted by atomic mass is 10.1. The number of amides is 2. The van der Waals surface area contributed by atoms with E-state index in [1.165, 1.54) is 0 Å². The number of benzene rings is 2. The largest absolute Gasteiger partial charge is 0.494 e. The lowest BCUT2D eigenvalue weighted by Gasteiger charge is -2.13. The van der Waals surface area contributed by atoms with Crippen LogP contribution in [0.15, 0.2) is 48.5 Å². The number of carbonyl (C=O) groups is 2. The zero-order chi connectivity index (χ0) is 20.4. The molecule has 0 radical (unpaired) electrons. The number of thiocarbonyl (C=S) groups is 1. The highest BCUT2D eigenvalue weighted by molar-refractivity contribution is 7.80. The fourth-order valence-corrected chi connectivity index (χ4v) is 2.66. The number of anilines is 1. The van der Waals surface area contributed by atoms with Gasteiger partial charge in [0.25, 0.3) is 11.8 Å². The molecule has 148 valence electrons. The van der Waals surface area contributed by atoms with Gasteiger partial charge in [-0.15, -0.1) is 0 Å². The summed E-state index contributed by atoms with van der Waals surface area (Å²) in [5.74, 6) is 0.172. The lowest BCUT2D eigenvalue weighted by molar-refractivity contribution is 0.0952. The first-order valence-electron chi connectivity index (χ1n) is 9.27. The Morgan fingerprint density at radius 2 is 1.71 bits per heavy atom. The molecular formula is C21H25N3O3S. The van der Waals surface area contributed by atoms with Gasteiger partial charge in [0.2, 0.25) is 0 Å². The molecule has 3 N–H and O–H groups in total. The molecule has 7 heteroatoms. The average molecular weight is 400 g/mol. The van der Waals surface area contributed by atoms with E-state index in [0.29, 0.717) is 35.7 Å². The Morgan fingerprint density at radius 1 is 1.00 bits per heavy atom. The van der Waals surface area contributed by atoms with E-state index in [-0.39, 0.29) is 16.9 Å². The van der Waals surface area contributed by atoms with Gasteiger partial charge >= 0.3 is 0 Å². The van der Waals surface area contributed by atoms with Crippen LogP contribution in [0.5, 0.6) is 5.75 Å². The molecule has 0 unspecified atom stereocenters. The number of unbranched alkanes of at least 4 members (excludes halogenated alkanes) is 1. The van der Waals surface area contributed by atoms with Gasteiger partial charge in [-0.3, -0.25) is 14.9 Å². The Morgan fingerprint density at radius 3 is 2.39 bits per heavy atom. The molecule has 0 saturated heterocycles. The minimum Gasteiger partial charge on any atom is -0.494 e. The van der Waals surface area contributed by atoms with Gasteiger partial charge in [-0.05, 0) is 62.0 Å². The zero-order valence-electron chi connectivity index (χ0n) is 16.1. The number of para-hydroxylation sites is 1. The Bertz CT molecular complexity index is 822. The topological polar surface area (TPSA) is 79.5 Å². The van der Waals surface area contributed by atoms with E-state index < -0.39 is 0 Å². The van der Waals surface area contributed by atoms with E-state index in [2.05, 4.69) is 22.9 Å². The summed E-state index contributed by atoms with van der Waals surface area (Å²) < 4.78 is 5.36. The summed E-state index contributed by atoms with van der Waals surface area (Å²) in [7, 11) is 0. The van der Waals surface area contributed by atoms with E-state index in [4.69, 9.17) is 17.0 Å². The summed E-state index contributed by atoms with van der Waals surface area (Å²) in [5, 5.41) is 8.54. The molecule has 0 spiro atoms. The summed E-state index contributed by atoms with van der Waals surface area (Å²) in [5.41, 5.74) is 1.46. The highest BCUT2D eigenvalue weighted by Crippen LogP contribution is 2.15. The molecular weight excluding hydrogens is 374 g/mol. The van der Waals surface area contributed by atoms with Crippen LogP contribution in [-0.2, 0) is 0 Å². The molecule has 0 aliphatic carbocycles. The van der Waals surface area contributed by atoms with Gasteiger partial charge in [-0.2, -0.15) is 0 Å². The number of hydrogen-bond donors (Lipinski definition) is 3. The minimum absolute atomic E-state index is 0.118. The predicted octanol–water partition coefficient (Wildman–Crippen LogP) is 3.74. The average Bonchev–Trinajstić information content (AvgIpc) is 2.69. The standard InChI is InChI=1S/C21H25N3O3S/c1-3-5-14-22-20(26)17-8-6-7-9-18(17)23-21(28)24-19(25)15-10-12-16(13-11-15)27-4-2/h6-13H,3-5,14H2,1-2H3,(H,22,26)(H2,23,24,25,28). The highest BCUT2D eigenvalue weighted by atomic mass is 32.1. The van der Waals surface area contributed by atoms with Gasteiger partial charge in [0.15, 0.2) is 5.11 Å². The molecule has 0 atom stereocenters. The van der Waals surface area contributed by atoms with Crippen LogP contribution in [0.25, 0.3) is 0 Å². The van der Waals surface area contributed by atoms with Crippen LogP contribution in [-0.4, -0.2) is 30.1 Å². The molecule has 0 saturated carbocycles. The number of nitrogens with one attached hydrogen (secondary N) is 3. The van der Waals surface area contributed by atoms with Crippen molar-refractivity contribution < 1.29 is 14.3 Å². The Labute approximate surface area is 170 Å². The van der Waals surface area contributed by atoms with Crippen molar-refractivity contribution in [3.8, 4) is 5.75 Å². The predicted molar refractivity (Wildman–Crippen MR) is 115 cm³/mol. The third kappa shape index (κ3) is 6.35. The van der Waals surface area contributed by atoms with E-state index in [1.807, 2.05) is 6.92 Å². The van der Waals surface area contributed by atoms with E-state index in [0.717, 1.165) is 12.8 Å². The van der Waals surface area contributed by atoms with Crippen molar-refractivity contribution in [2.45, 2.75) is 26.7 Å². The maximum atomic E-state index is 12.4. The van der Waals surface area contributed by atoms with Crippen LogP contribution >= 0.6 is 12.2 Å². The second-order valence-electron chi connectivity index (χ2n) is 6.02. The van der Waals surface area contributed by atoms with Crippen molar-refractivity contribution in [3.63, 3.8) is 0 Å². The maximum Gasteiger partial charge on any atom is 0.257 e. The van der Waals surface area contributed by atoms with Crippen LogP contribution in [0.1, 0.15) is 47.4 Å². The molecule has 2 amide bonds. The summed E-state index contributed by atoms with van der Waals surface area (Å²) in [6.45, 7) is 5.13. The molecule has 2 aromatic carbocycles. The summed E-state index contributed by atoms with van der Waals surface area (Å²) in [6.07, 6.45) is 1.92. The molecule has 0 aliphatic heterocycles. The molecule has 0 aliphatic rings. The van der Waals surface area contributed by atoms with Gasteiger partial charge in [0.05, 0.1) is 17.9 Å². The molecule has 2 aromatic rings. The molecule has 6 nitrogen and oxygen atoms in total. The van der Waals surface area contributed by atoms with Crippen LogP contribution < -0.4 is 20.7 Å². The van der Waals surface area contributed by atoms with Crippen molar-refractivity contribution in [1.29, 1.82) is 0 Å². The quantitative estimate of drug-likeness (QED) is 0.465. The van der Waals surface area contributed by atoms with Crippen LogP contribution in [0.2, 0.25) is 0 Å². The second-order valence-corrected chi connectivity index (χ2v) is 6.43. The van der Waals surface area contributed by atoms with E-state index >= 15 is 0 Å². The SMILES string of the molecule is CCCCNC(=O)c1ccccc1NC(=S)NC(=O)c1ccc(OCC)cc1. The van der Waals surface area contributed by atoms with Crippen LogP contribution in [0.4, 0.5) is 5.69 Å². The molecule has 28 heavy (non-hydrogen) atoms. The van der Waals surface area contributed by atoms with Crippen molar-refractivity contribution >= 4 is 34.8 Å². The number of hydrogen-bond acceptors (Lipinski definition) is 4. The van der Waals surface area contributed by atoms with Gasteiger partial charge < -0.3 is 15.4 Å². The van der Waals surface area contributed by atoms with Gasteiger partial charge in [0, 0.05) is 12.1 Å². The third-order valence-corrected chi connectivity index (χ3v) is 4.09. The molecule has 0 heterocycles. The Balaban J connectivity index is 1.99. The van der Waals surface area contributed by atoms with Gasteiger partial charge in [0.1, 0.15) is 5.75 Å². The second kappa shape index (κ2) is 11.0. The van der Waals surface area contributed by atoms with Crippen molar-refractivity contribution in [2.24, 2.45) is 0 Å². The Kier molecular flexibility index (Phi) is 8.42. The van der Waals surface area contributed by atoms with Gasteiger partial charge in [-0.25, -0.2) is 0 Å². The highest BCUT2D eigenvalue weighted by Gasteiger charge is 2.13. The summed E-state index contributed by atoms with van der Waals surface area (Å²) >= 11 is 5.23. The summed E-state index contributed by atoms with van der Waals surface area (Å²) in [4.78, 5) is 24.7. The smallest absolute Gasteiger partial charge is 0.257 e. The number of carbonyl (C=O) groups excluding carboxylic acids is 2. The monoisotopic (exact) mass is 399 g/mol. The summed E-state index contributed by atoms with van der Waals surface area (Å²) in [6, 6.07) is 13.8. The minimum atomic E-state index is -0.342. The lowest BCUT2D eigenvalue weighted by Crippen LogP contribution is -2.35. The van der Waals surface area contributed by atoms with Crippen LogP contribution in [0.3, 0.4) is 0 Å². The molecule has 2 rings (SSSR count). The Hall–Kier alpha value is -2.93. The fourth-order valence-electron chi connectivity index (χ4n) is 2.46. The fraction of sp³-hybridized carbons (Fsp3) is 0.286.